The molecule has 0 saturated carbocycles. The van der Waals surface area contributed by atoms with E-state index in [4.69, 9.17) is 5.73 Å². The number of carbonyl (C=O) groups excluding carboxylic acids is 1. The maximum absolute atomic E-state index is 12.2. The number of hydrogen-bond acceptors (Lipinski definition) is 4. The quantitative estimate of drug-likeness (QED) is 0.857. The molecule has 5 nitrogen and oxygen atoms in total. The molecular formula is C13H20N4O. The zero-order valence-corrected chi connectivity index (χ0v) is 10.8. The summed E-state index contributed by atoms with van der Waals surface area (Å²) in [6, 6.07) is 1.67. The van der Waals surface area contributed by atoms with Gasteiger partial charge in [0.1, 0.15) is 0 Å². The van der Waals surface area contributed by atoms with Crippen molar-refractivity contribution in [3.8, 4) is 0 Å². The van der Waals surface area contributed by atoms with E-state index < -0.39 is 0 Å². The van der Waals surface area contributed by atoms with Crippen LogP contribution in [0.2, 0.25) is 0 Å². The van der Waals surface area contributed by atoms with Gasteiger partial charge in [0.25, 0.3) is 5.91 Å². The second kappa shape index (κ2) is 5.82. The Morgan fingerprint density at radius 3 is 2.89 bits per heavy atom. The molecule has 1 aliphatic heterocycles. The fraction of sp³-hybridized carbons (Fsp3) is 0.538. The van der Waals surface area contributed by atoms with Crippen molar-refractivity contribution in [1.82, 2.24) is 14.8 Å². The first-order valence-corrected chi connectivity index (χ1v) is 6.36. The molecule has 0 radical (unpaired) electrons. The summed E-state index contributed by atoms with van der Waals surface area (Å²) in [5.74, 6) is -0.0332. The third-order valence-corrected chi connectivity index (χ3v) is 3.38. The topological polar surface area (TPSA) is 62.5 Å². The van der Waals surface area contributed by atoms with E-state index in [0.717, 1.165) is 26.2 Å². The number of likely N-dealkylation sites (tertiary alicyclic amines) is 1. The summed E-state index contributed by atoms with van der Waals surface area (Å²) < 4.78 is 0. The molecule has 18 heavy (non-hydrogen) atoms. The minimum atomic E-state index is -0.0332. The van der Waals surface area contributed by atoms with Crippen LogP contribution in [0.1, 0.15) is 23.2 Å². The Kier molecular flexibility index (Phi) is 4.15. The van der Waals surface area contributed by atoms with Gasteiger partial charge in [0.15, 0.2) is 0 Å². The SMILES string of the molecule is CN(CCN1CCCC1)C(=O)c1ccncc1N. The van der Waals surface area contributed by atoms with Crippen LogP contribution in [-0.2, 0) is 0 Å². The first kappa shape index (κ1) is 12.8. The molecule has 98 valence electrons. The van der Waals surface area contributed by atoms with E-state index in [-0.39, 0.29) is 5.91 Å². The number of anilines is 1. The van der Waals surface area contributed by atoms with Crippen molar-refractivity contribution in [2.75, 3.05) is 39.0 Å². The van der Waals surface area contributed by atoms with Crippen molar-refractivity contribution >= 4 is 11.6 Å². The number of amides is 1. The average Bonchev–Trinajstić information content (AvgIpc) is 2.89. The summed E-state index contributed by atoms with van der Waals surface area (Å²) in [4.78, 5) is 20.2. The molecule has 1 amide bonds. The van der Waals surface area contributed by atoms with Crippen LogP contribution in [0.4, 0.5) is 5.69 Å². The summed E-state index contributed by atoms with van der Waals surface area (Å²) in [7, 11) is 1.82. The van der Waals surface area contributed by atoms with Gasteiger partial charge in [0.05, 0.1) is 17.4 Å². The number of aromatic nitrogens is 1. The monoisotopic (exact) mass is 248 g/mol. The minimum absolute atomic E-state index is 0.0332. The Hall–Kier alpha value is -1.62. The van der Waals surface area contributed by atoms with E-state index in [1.807, 2.05) is 7.05 Å². The van der Waals surface area contributed by atoms with Crippen molar-refractivity contribution in [2.24, 2.45) is 0 Å². The molecule has 0 atom stereocenters. The zero-order valence-electron chi connectivity index (χ0n) is 10.8. The second-order valence-corrected chi connectivity index (χ2v) is 4.74. The van der Waals surface area contributed by atoms with Gasteiger partial charge in [-0.3, -0.25) is 9.78 Å². The van der Waals surface area contributed by atoms with Gasteiger partial charge >= 0.3 is 0 Å². The van der Waals surface area contributed by atoms with Crippen LogP contribution in [0, 0.1) is 0 Å². The molecule has 1 saturated heterocycles. The second-order valence-electron chi connectivity index (χ2n) is 4.74. The minimum Gasteiger partial charge on any atom is -0.397 e. The number of pyridine rings is 1. The van der Waals surface area contributed by atoms with Crippen LogP contribution in [0.25, 0.3) is 0 Å². The summed E-state index contributed by atoms with van der Waals surface area (Å²) >= 11 is 0. The van der Waals surface area contributed by atoms with Gasteiger partial charge in [-0.15, -0.1) is 0 Å². The number of hydrogen-bond donors (Lipinski definition) is 1. The summed E-state index contributed by atoms with van der Waals surface area (Å²) in [6.45, 7) is 3.98. The normalized spacial score (nSPS) is 15.8. The van der Waals surface area contributed by atoms with Crippen molar-refractivity contribution < 1.29 is 4.79 Å². The summed E-state index contributed by atoms with van der Waals surface area (Å²) in [6.07, 6.45) is 5.66. The highest BCUT2D eigenvalue weighted by atomic mass is 16.2. The Morgan fingerprint density at radius 1 is 1.50 bits per heavy atom. The maximum atomic E-state index is 12.2. The Bertz CT molecular complexity index is 415. The fourth-order valence-electron chi connectivity index (χ4n) is 2.21. The lowest BCUT2D eigenvalue weighted by atomic mass is 10.2. The van der Waals surface area contributed by atoms with Gasteiger partial charge in [-0.25, -0.2) is 0 Å². The highest BCUT2D eigenvalue weighted by Gasteiger charge is 2.16. The molecular weight excluding hydrogens is 228 g/mol. The Labute approximate surface area is 108 Å². The smallest absolute Gasteiger partial charge is 0.255 e. The zero-order chi connectivity index (χ0) is 13.0. The van der Waals surface area contributed by atoms with E-state index >= 15 is 0 Å². The Morgan fingerprint density at radius 2 is 2.22 bits per heavy atom. The molecule has 2 heterocycles. The van der Waals surface area contributed by atoms with Crippen LogP contribution in [0.5, 0.6) is 0 Å². The molecule has 0 bridgehead atoms. The molecule has 5 heteroatoms. The van der Waals surface area contributed by atoms with E-state index in [0.29, 0.717) is 11.3 Å². The maximum Gasteiger partial charge on any atom is 0.255 e. The summed E-state index contributed by atoms with van der Waals surface area (Å²) in [5.41, 5.74) is 6.73. The number of nitrogen functional groups attached to an aromatic ring is 1. The van der Waals surface area contributed by atoms with E-state index in [1.165, 1.54) is 19.0 Å². The van der Waals surface area contributed by atoms with E-state index in [1.54, 1.807) is 17.2 Å². The van der Waals surface area contributed by atoms with Crippen LogP contribution >= 0.6 is 0 Å². The van der Waals surface area contributed by atoms with Gasteiger partial charge < -0.3 is 15.5 Å². The molecule has 0 aliphatic carbocycles. The lowest BCUT2D eigenvalue weighted by molar-refractivity contribution is 0.0783. The molecule has 0 unspecified atom stereocenters. The molecule has 1 aromatic heterocycles. The molecule has 2 N–H and O–H groups in total. The first-order valence-electron chi connectivity index (χ1n) is 6.36. The highest BCUT2D eigenvalue weighted by molar-refractivity contribution is 5.98. The molecule has 0 aromatic carbocycles. The third-order valence-electron chi connectivity index (χ3n) is 3.38. The van der Waals surface area contributed by atoms with Gasteiger partial charge in [0, 0.05) is 26.3 Å². The van der Waals surface area contributed by atoms with E-state index in [2.05, 4.69) is 9.88 Å². The number of carbonyl (C=O) groups is 1. The van der Waals surface area contributed by atoms with Crippen LogP contribution in [0.3, 0.4) is 0 Å². The van der Waals surface area contributed by atoms with Crippen molar-refractivity contribution in [3.63, 3.8) is 0 Å². The largest absolute Gasteiger partial charge is 0.397 e. The predicted octanol–water partition coefficient (Wildman–Crippen LogP) is 0.832. The number of nitrogens with zero attached hydrogens (tertiary/aromatic N) is 3. The molecule has 2 rings (SSSR count). The van der Waals surface area contributed by atoms with E-state index in [9.17, 15) is 4.79 Å². The lowest BCUT2D eigenvalue weighted by Gasteiger charge is -2.22. The lowest BCUT2D eigenvalue weighted by Crippen LogP contribution is -2.35. The number of rotatable bonds is 4. The van der Waals surface area contributed by atoms with Crippen LogP contribution in [-0.4, -0.2) is 53.9 Å². The predicted molar refractivity (Wildman–Crippen MR) is 71.3 cm³/mol. The van der Waals surface area contributed by atoms with Crippen LogP contribution < -0.4 is 5.73 Å². The third kappa shape index (κ3) is 2.98. The first-order chi connectivity index (χ1) is 8.68. The van der Waals surface area contributed by atoms with Gasteiger partial charge in [0.2, 0.25) is 0 Å². The van der Waals surface area contributed by atoms with Gasteiger partial charge in [-0.05, 0) is 32.0 Å². The molecule has 0 spiro atoms. The molecule has 1 fully saturated rings. The van der Waals surface area contributed by atoms with Gasteiger partial charge in [-0.2, -0.15) is 0 Å². The van der Waals surface area contributed by atoms with Crippen LogP contribution in [0.15, 0.2) is 18.5 Å². The Balaban J connectivity index is 1.90. The van der Waals surface area contributed by atoms with Crippen molar-refractivity contribution in [1.29, 1.82) is 0 Å². The fourth-order valence-corrected chi connectivity index (χ4v) is 2.21. The molecule has 1 aliphatic rings. The van der Waals surface area contributed by atoms with Crippen molar-refractivity contribution in [3.05, 3.63) is 24.0 Å². The number of nitrogens with two attached hydrogens (primary N) is 1. The average molecular weight is 248 g/mol. The van der Waals surface area contributed by atoms with Crippen molar-refractivity contribution in [2.45, 2.75) is 12.8 Å². The van der Waals surface area contributed by atoms with Gasteiger partial charge in [-0.1, -0.05) is 0 Å². The standard InChI is InChI=1S/C13H20N4O/c1-16(8-9-17-6-2-3-7-17)13(18)11-4-5-15-10-12(11)14/h4-5,10H,2-3,6-9,14H2,1H3. The summed E-state index contributed by atoms with van der Waals surface area (Å²) in [5, 5.41) is 0. The highest BCUT2D eigenvalue weighted by Crippen LogP contribution is 2.12. The molecule has 1 aromatic rings. The number of likely N-dealkylation sites (N-methyl/N-ethyl adjacent to an activating group) is 1.